The first-order valence-corrected chi connectivity index (χ1v) is 11.5. The van der Waals surface area contributed by atoms with E-state index in [1.165, 1.54) is 4.90 Å². The van der Waals surface area contributed by atoms with Crippen LogP contribution in [0.1, 0.15) is 19.4 Å². The average molecular weight is 455 g/mol. The molecule has 6 nitrogen and oxygen atoms in total. The molecule has 1 aliphatic heterocycles. The van der Waals surface area contributed by atoms with Gasteiger partial charge in [-0.2, -0.15) is 0 Å². The van der Waals surface area contributed by atoms with Crippen LogP contribution >= 0.6 is 0 Å². The van der Waals surface area contributed by atoms with Gasteiger partial charge < -0.3 is 15.1 Å². The smallest absolute Gasteiger partial charge is 0.282 e. The highest BCUT2D eigenvalue weighted by Gasteiger charge is 2.40. The molecule has 1 N–H and O–H groups in total. The van der Waals surface area contributed by atoms with Gasteiger partial charge in [0.1, 0.15) is 5.70 Å². The van der Waals surface area contributed by atoms with Crippen LogP contribution < -0.4 is 20.0 Å². The summed E-state index contributed by atoms with van der Waals surface area (Å²) in [7, 11) is 3.85. The predicted octanol–water partition coefficient (Wildman–Crippen LogP) is 5.00. The lowest BCUT2D eigenvalue weighted by molar-refractivity contribution is -0.120. The van der Waals surface area contributed by atoms with Gasteiger partial charge in [-0.1, -0.05) is 36.4 Å². The van der Waals surface area contributed by atoms with Gasteiger partial charge in [-0.3, -0.25) is 9.59 Å². The summed E-state index contributed by atoms with van der Waals surface area (Å²) in [4.78, 5) is 32.7. The molecule has 0 spiro atoms. The number of hydrogen-bond donors (Lipinski definition) is 1. The second kappa shape index (κ2) is 9.83. The summed E-state index contributed by atoms with van der Waals surface area (Å²) in [6.07, 6.45) is 0. The Morgan fingerprint density at radius 3 is 2.06 bits per heavy atom. The summed E-state index contributed by atoms with van der Waals surface area (Å²) >= 11 is 0. The van der Waals surface area contributed by atoms with E-state index in [4.69, 9.17) is 0 Å². The molecule has 0 fully saturated rings. The second-order valence-corrected chi connectivity index (χ2v) is 8.32. The fraction of sp³-hybridized carbons (Fsp3) is 0.214. The molecular formula is C28H30N4O2. The van der Waals surface area contributed by atoms with E-state index in [-0.39, 0.29) is 17.5 Å². The largest absolute Gasteiger partial charge is 0.378 e. The molecule has 0 aromatic heterocycles. The molecule has 0 saturated heterocycles. The van der Waals surface area contributed by atoms with Gasteiger partial charge in [-0.05, 0) is 61.9 Å². The molecule has 0 aliphatic carbocycles. The van der Waals surface area contributed by atoms with Gasteiger partial charge in [-0.15, -0.1) is 0 Å². The molecule has 34 heavy (non-hydrogen) atoms. The molecule has 1 aliphatic rings. The van der Waals surface area contributed by atoms with Crippen LogP contribution in [0.15, 0.2) is 84.6 Å². The average Bonchev–Trinajstić information content (AvgIpc) is 3.10. The number of carbonyl (C=O) groups is 2. The Morgan fingerprint density at radius 1 is 0.765 bits per heavy atom. The van der Waals surface area contributed by atoms with E-state index in [0.717, 1.165) is 30.2 Å². The van der Waals surface area contributed by atoms with Crippen LogP contribution in [0.3, 0.4) is 0 Å². The summed E-state index contributed by atoms with van der Waals surface area (Å²) in [6.45, 7) is 6.08. The van der Waals surface area contributed by atoms with Crippen molar-refractivity contribution in [3.8, 4) is 0 Å². The molecule has 0 unspecified atom stereocenters. The van der Waals surface area contributed by atoms with Crippen molar-refractivity contribution in [1.82, 2.24) is 0 Å². The Labute approximate surface area is 201 Å². The summed E-state index contributed by atoms with van der Waals surface area (Å²) in [5.74, 6) is -0.707. The normalized spacial score (nSPS) is 13.5. The second-order valence-electron chi connectivity index (χ2n) is 8.32. The molecule has 1 heterocycles. The van der Waals surface area contributed by atoms with Gasteiger partial charge in [0.25, 0.3) is 11.8 Å². The van der Waals surface area contributed by atoms with Crippen molar-refractivity contribution in [2.24, 2.45) is 0 Å². The molecule has 3 aromatic carbocycles. The minimum absolute atomic E-state index is 0.280. The molecule has 0 bridgehead atoms. The van der Waals surface area contributed by atoms with Gasteiger partial charge in [0.15, 0.2) is 0 Å². The maximum atomic E-state index is 13.6. The van der Waals surface area contributed by atoms with Crippen molar-refractivity contribution in [3.63, 3.8) is 0 Å². The van der Waals surface area contributed by atoms with Gasteiger partial charge in [0, 0.05) is 44.2 Å². The van der Waals surface area contributed by atoms with Crippen molar-refractivity contribution >= 4 is 40.1 Å². The van der Waals surface area contributed by atoms with Crippen LogP contribution in [0.5, 0.6) is 0 Å². The standard InChI is InChI=1S/C28H30N4O2/c1-5-31(6-2)22-17-15-21(16-18-22)29-26-25(20-11-8-7-9-12-20)27(33)32(28(26)34)24-14-10-13-23(19-24)30(3)4/h7-19,29H,5-6H2,1-4H3. The van der Waals surface area contributed by atoms with E-state index in [0.29, 0.717) is 16.8 Å². The third kappa shape index (κ3) is 4.39. The Balaban J connectivity index is 1.73. The first-order chi connectivity index (χ1) is 16.4. The molecule has 6 heteroatoms. The number of benzene rings is 3. The predicted molar refractivity (Wildman–Crippen MR) is 140 cm³/mol. The van der Waals surface area contributed by atoms with Gasteiger partial charge in [0.05, 0.1) is 11.3 Å². The zero-order valence-electron chi connectivity index (χ0n) is 20.1. The van der Waals surface area contributed by atoms with E-state index in [1.54, 1.807) is 6.07 Å². The summed E-state index contributed by atoms with van der Waals surface area (Å²) in [5.41, 5.74) is 4.68. The number of rotatable bonds is 8. The van der Waals surface area contributed by atoms with Crippen LogP contribution in [0.2, 0.25) is 0 Å². The minimum Gasteiger partial charge on any atom is -0.378 e. The summed E-state index contributed by atoms with van der Waals surface area (Å²) in [6, 6.07) is 24.7. The number of carbonyl (C=O) groups excluding carboxylic acids is 2. The van der Waals surface area contributed by atoms with Gasteiger partial charge >= 0.3 is 0 Å². The van der Waals surface area contributed by atoms with Crippen LogP contribution in [-0.4, -0.2) is 39.0 Å². The summed E-state index contributed by atoms with van der Waals surface area (Å²) in [5, 5.41) is 3.25. The third-order valence-corrected chi connectivity index (χ3v) is 6.02. The molecule has 174 valence electrons. The van der Waals surface area contributed by atoms with E-state index < -0.39 is 0 Å². The van der Waals surface area contributed by atoms with E-state index >= 15 is 0 Å². The van der Waals surface area contributed by atoms with Crippen molar-refractivity contribution in [1.29, 1.82) is 0 Å². The van der Waals surface area contributed by atoms with Crippen LogP contribution in [0.4, 0.5) is 22.7 Å². The Hall–Kier alpha value is -4.06. The number of nitrogens with zero attached hydrogens (tertiary/aromatic N) is 3. The SMILES string of the molecule is CCN(CC)c1ccc(NC2=C(c3ccccc3)C(=O)N(c3cccc(N(C)C)c3)C2=O)cc1. The molecule has 4 rings (SSSR count). The lowest BCUT2D eigenvalue weighted by Crippen LogP contribution is -2.32. The van der Waals surface area contributed by atoms with Crippen molar-refractivity contribution in [3.05, 3.63) is 90.1 Å². The number of imide groups is 1. The molecule has 2 amide bonds. The van der Waals surface area contributed by atoms with Crippen LogP contribution in [0, 0.1) is 0 Å². The van der Waals surface area contributed by atoms with Crippen molar-refractivity contribution < 1.29 is 9.59 Å². The molecule has 3 aromatic rings. The zero-order valence-corrected chi connectivity index (χ0v) is 20.1. The fourth-order valence-electron chi connectivity index (χ4n) is 4.15. The highest BCUT2D eigenvalue weighted by Crippen LogP contribution is 2.35. The highest BCUT2D eigenvalue weighted by atomic mass is 16.2. The lowest BCUT2D eigenvalue weighted by atomic mass is 10.0. The first kappa shape index (κ1) is 23.1. The first-order valence-electron chi connectivity index (χ1n) is 11.5. The van der Waals surface area contributed by atoms with Crippen molar-refractivity contribution in [2.75, 3.05) is 47.2 Å². The molecular weight excluding hydrogens is 424 g/mol. The topological polar surface area (TPSA) is 55.9 Å². The quantitative estimate of drug-likeness (QED) is 0.486. The fourth-order valence-corrected chi connectivity index (χ4v) is 4.15. The van der Waals surface area contributed by atoms with Crippen LogP contribution in [-0.2, 0) is 9.59 Å². The number of hydrogen-bond acceptors (Lipinski definition) is 5. The Bertz CT molecular complexity index is 1210. The zero-order chi connectivity index (χ0) is 24.2. The molecule has 0 atom stereocenters. The highest BCUT2D eigenvalue weighted by molar-refractivity contribution is 6.46. The number of amides is 2. The van der Waals surface area contributed by atoms with Gasteiger partial charge in [0.2, 0.25) is 0 Å². The minimum atomic E-state index is -0.368. The number of anilines is 4. The third-order valence-electron chi connectivity index (χ3n) is 6.02. The summed E-state index contributed by atoms with van der Waals surface area (Å²) < 4.78 is 0. The Kier molecular flexibility index (Phi) is 6.68. The Morgan fingerprint density at radius 2 is 1.44 bits per heavy atom. The van der Waals surface area contributed by atoms with Crippen LogP contribution in [0.25, 0.3) is 5.57 Å². The van der Waals surface area contributed by atoms with E-state index in [2.05, 4.69) is 24.1 Å². The maximum Gasteiger partial charge on any atom is 0.282 e. The number of nitrogens with one attached hydrogen (secondary N) is 1. The lowest BCUT2D eigenvalue weighted by Gasteiger charge is -2.21. The molecule has 0 radical (unpaired) electrons. The van der Waals surface area contributed by atoms with E-state index in [9.17, 15) is 9.59 Å². The maximum absolute atomic E-state index is 13.6. The monoisotopic (exact) mass is 454 g/mol. The van der Waals surface area contributed by atoms with E-state index in [1.807, 2.05) is 91.8 Å². The van der Waals surface area contributed by atoms with Crippen molar-refractivity contribution in [2.45, 2.75) is 13.8 Å². The molecule has 0 saturated carbocycles. The van der Waals surface area contributed by atoms with Gasteiger partial charge in [-0.25, -0.2) is 4.90 Å².